The number of hydrogen-bond acceptors (Lipinski definition) is 5. The fourth-order valence-electron chi connectivity index (χ4n) is 3.68. The molecular formula is C20H34IN7O. The zero-order valence-electron chi connectivity index (χ0n) is 17.8. The largest absolute Gasteiger partial charge is 0.357 e. The summed E-state index contributed by atoms with van der Waals surface area (Å²) in [7, 11) is 2.16. The van der Waals surface area contributed by atoms with Crippen LogP contribution in [0, 0.1) is 0 Å². The van der Waals surface area contributed by atoms with Gasteiger partial charge in [0.1, 0.15) is 5.82 Å². The van der Waals surface area contributed by atoms with Gasteiger partial charge in [0.25, 0.3) is 0 Å². The molecule has 8 nitrogen and oxygen atoms in total. The minimum Gasteiger partial charge on any atom is -0.357 e. The fraction of sp³-hybridized carbons (Fsp3) is 0.650. The fourth-order valence-corrected chi connectivity index (χ4v) is 3.68. The predicted octanol–water partition coefficient (Wildman–Crippen LogP) is 1.08. The average Bonchev–Trinajstić information content (AvgIpc) is 2.72. The Kier molecular flexibility index (Phi) is 9.41. The van der Waals surface area contributed by atoms with Gasteiger partial charge in [-0.3, -0.25) is 4.79 Å². The van der Waals surface area contributed by atoms with E-state index in [4.69, 9.17) is 4.99 Å². The Bertz CT molecular complexity index is 683. The minimum absolute atomic E-state index is 0. The smallest absolute Gasteiger partial charge is 0.219 e. The van der Waals surface area contributed by atoms with Gasteiger partial charge < -0.3 is 24.9 Å². The van der Waals surface area contributed by atoms with Crippen molar-refractivity contribution in [2.75, 3.05) is 70.9 Å². The number of pyridine rings is 1. The van der Waals surface area contributed by atoms with E-state index in [1.54, 1.807) is 6.92 Å². The van der Waals surface area contributed by atoms with E-state index in [9.17, 15) is 4.79 Å². The Labute approximate surface area is 191 Å². The number of guanidine groups is 1. The Morgan fingerprint density at radius 1 is 1.10 bits per heavy atom. The number of nitrogens with zero attached hydrogens (tertiary/aromatic N) is 6. The van der Waals surface area contributed by atoms with Crippen LogP contribution in [0.4, 0.5) is 5.82 Å². The maximum Gasteiger partial charge on any atom is 0.219 e. The molecule has 3 rings (SSSR count). The normalized spacial score (nSPS) is 18.4. The quantitative estimate of drug-likeness (QED) is 0.368. The van der Waals surface area contributed by atoms with Gasteiger partial charge in [-0.25, -0.2) is 9.98 Å². The number of piperazine rings is 2. The zero-order chi connectivity index (χ0) is 19.9. The number of nitrogens with one attached hydrogen (secondary N) is 1. The third kappa shape index (κ3) is 6.43. The van der Waals surface area contributed by atoms with Crippen LogP contribution in [0.5, 0.6) is 0 Å². The number of halogens is 1. The molecule has 0 saturated carbocycles. The van der Waals surface area contributed by atoms with Gasteiger partial charge in [0, 0.05) is 77.6 Å². The Morgan fingerprint density at radius 2 is 1.76 bits per heavy atom. The van der Waals surface area contributed by atoms with E-state index < -0.39 is 0 Å². The molecule has 0 aromatic carbocycles. The molecule has 1 amide bonds. The van der Waals surface area contributed by atoms with Crippen LogP contribution in [-0.2, 0) is 11.3 Å². The number of carbonyl (C=O) groups is 1. The van der Waals surface area contributed by atoms with E-state index in [-0.39, 0.29) is 29.9 Å². The van der Waals surface area contributed by atoms with Crippen molar-refractivity contribution in [3.05, 3.63) is 23.9 Å². The van der Waals surface area contributed by atoms with Gasteiger partial charge in [-0.15, -0.1) is 24.0 Å². The highest BCUT2D eigenvalue weighted by Gasteiger charge is 2.21. The number of likely N-dealkylation sites (N-methyl/N-ethyl adjacent to an activating group) is 1. The molecule has 162 valence electrons. The lowest BCUT2D eigenvalue weighted by atomic mass is 10.2. The van der Waals surface area contributed by atoms with E-state index in [2.05, 4.69) is 45.0 Å². The number of amides is 1. The van der Waals surface area contributed by atoms with Crippen LogP contribution in [0.3, 0.4) is 0 Å². The standard InChI is InChI=1S/C20H33N7O.HI/c1-4-21-20(27-14-12-25(13-15-27)17(2)28)23-16-18-6-5-7-22-19(18)26-10-8-24(3)9-11-26;/h5-7H,4,8-16H2,1-3H3,(H,21,23);1H. The summed E-state index contributed by atoms with van der Waals surface area (Å²) in [4.78, 5) is 30.0. The van der Waals surface area contributed by atoms with E-state index in [0.717, 1.165) is 76.2 Å². The van der Waals surface area contributed by atoms with E-state index in [0.29, 0.717) is 6.54 Å². The minimum atomic E-state index is 0. The zero-order valence-corrected chi connectivity index (χ0v) is 20.1. The van der Waals surface area contributed by atoms with Crippen molar-refractivity contribution >= 4 is 41.7 Å². The van der Waals surface area contributed by atoms with Gasteiger partial charge in [0.05, 0.1) is 6.54 Å². The van der Waals surface area contributed by atoms with Crippen molar-refractivity contribution in [1.82, 2.24) is 25.0 Å². The molecule has 9 heteroatoms. The van der Waals surface area contributed by atoms with Gasteiger partial charge in [0.2, 0.25) is 5.91 Å². The molecule has 0 unspecified atom stereocenters. The number of aliphatic imine (C=N–C) groups is 1. The van der Waals surface area contributed by atoms with Gasteiger partial charge in [-0.05, 0) is 20.0 Å². The van der Waals surface area contributed by atoms with Crippen molar-refractivity contribution in [3.8, 4) is 0 Å². The van der Waals surface area contributed by atoms with Crippen LogP contribution >= 0.6 is 24.0 Å². The van der Waals surface area contributed by atoms with Gasteiger partial charge in [0.15, 0.2) is 5.96 Å². The Balaban J connectivity index is 0.00000300. The predicted molar refractivity (Wildman–Crippen MR) is 128 cm³/mol. The SMILES string of the molecule is CCNC(=NCc1cccnc1N1CCN(C)CC1)N1CCN(C(C)=O)CC1.I. The molecule has 0 aliphatic carbocycles. The van der Waals surface area contributed by atoms with Gasteiger partial charge in [-0.1, -0.05) is 6.07 Å². The van der Waals surface area contributed by atoms with Crippen molar-refractivity contribution in [2.45, 2.75) is 20.4 Å². The number of hydrogen-bond donors (Lipinski definition) is 1. The second-order valence-electron chi connectivity index (χ2n) is 7.44. The van der Waals surface area contributed by atoms with Crippen LogP contribution in [0.1, 0.15) is 19.4 Å². The molecule has 0 atom stereocenters. The van der Waals surface area contributed by atoms with E-state index in [1.807, 2.05) is 17.2 Å². The molecular weight excluding hydrogens is 481 g/mol. The molecule has 0 spiro atoms. The molecule has 2 saturated heterocycles. The number of aromatic nitrogens is 1. The topological polar surface area (TPSA) is 67.3 Å². The maximum atomic E-state index is 11.6. The van der Waals surface area contributed by atoms with Crippen molar-refractivity contribution < 1.29 is 4.79 Å². The van der Waals surface area contributed by atoms with Crippen LogP contribution in [0.25, 0.3) is 0 Å². The first-order valence-electron chi connectivity index (χ1n) is 10.2. The maximum absolute atomic E-state index is 11.6. The van der Waals surface area contributed by atoms with Gasteiger partial charge in [-0.2, -0.15) is 0 Å². The van der Waals surface area contributed by atoms with Crippen molar-refractivity contribution in [2.24, 2.45) is 4.99 Å². The Hall–Kier alpha value is -1.62. The van der Waals surface area contributed by atoms with Crippen LogP contribution in [0.15, 0.2) is 23.3 Å². The summed E-state index contributed by atoms with van der Waals surface area (Å²) < 4.78 is 0. The summed E-state index contributed by atoms with van der Waals surface area (Å²) in [5.74, 6) is 2.12. The molecule has 1 aromatic rings. The molecule has 2 fully saturated rings. The first-order chi connectivity index (χ1) is 13.6. The first-order valence-corrected chi connectivity index (χ1v) is 10.2. The third-order valence-electron chi connectivity index (χ3n) is 5.43. The summed E-state index contributed by atoms with van der Waals surface area (Å²) >= 11 is 0. The molecule has 2 aliphatic heterocycles. The number of anilines is 1. The van der Waals surface area contributed by atoms with Crippen molar-refractivity contribution in [3.63, 3.8) is 0 Å². The number of rotatable bonds is 4. The summed E-state index contributed by atoms with van der Waals surface area (Å²) in [6, 6.07) is 4.12. The molecule has 1 aromatic heterocycles. The highest BCUT2D eigenvalue weighted by Crippen LogP contribution is 2.19. The van der Waals surface area contributed by atoms with E-state index >= 15 is 0 Å². The Morgan fingerprint density at radius 3 is 2.38 bits per heavy atom. The van der Waals surface area contributed by atoms with Crippen molar-refractivity contribution in [1.29, 1.82) is 0 Å². The van der Waals surface area contributed by atoms with Crippen LogP contribution in [-0.4, -0.2) is 97.5 Å². The molecule has 1 N–H and O–H groups in total. The summed E-state index contributed by atoms with van der Waals surface area (Å²) in [6.45, 7) is 12.4. The monoisotopic (exact) mass is 515 g/mol. The summed E-state index contributed by atoms with van der Waals surface area (Å²) in [5, 5.41) is 3.40. The molecule has 29 heavy (non-hydrogen) atoms. The second kappa shape index (κ2) is 11.5. The third-order valence-corrected chi connectivity index (χ3v) is 5.43. The lowest BCUT2D eigenvalue weighted by molar-refractivity contribution is -0.130. The number of carbonyl (C=O) groups excluding carboxylic acids is 1. The first kappa shape index (κ1) is 23.7. The lowest BCUT2D eigenvalue weighted by Gasteiger charge is -2.36. The van der Waals surface area contributed by atoms with Gasteiger partial charge >= 0.3 is 0 Å². The van der Waals surface area contributed by atoms with E-state index in [1.165, 1.54) is 0 Å². The van der Waals surface area contributed by atoms with Crippen LogP contribution < -0.4 is 10.2 Å². The molecule has 3 heterocycles. The highest BCUT2D eigenvalue weighted by molar-refractivity contribution is 14.0. The average molecular weight is 515 g/mol. The summed E-state index contributed by atoms with van der Waals surface area (Å²) in [5.41, 5.74) is 1.16. The second-order valence-corrected chi connectivity index (χ2v) is 7.44. The highest BCUT2D eigenvalue weighted by atomic mass is 127. The molecule has 2 aliphatic rings. The lowest BCUT2D eigenvalue weighted by Crippen LogP contribution is -2.53. The van der Waals surface area contributed by atoms with Crippen LogP contribution in [0.2, 0.25) is 0 Å². The molecule has 0 bridgehead atoms. The summed E-state index contributed by atoms with van der Waals surface area (Å²) in [6.07, 6.45) is 1.87. The molecule has 0 radical (unpaired) electrons.